The van der Waals surface area contributed by atoms with Crippen LogP contribution in [-0.4, -0.2) is 18.9 Å². The van der Waals surface area contributed by atoms with Crippen LogP contribution >= 0.6 is 0 Å². The Bertz CT molecular complexity index is 2410. The lowest BCUT2D eigenvalue weighted by atomic mass is 10.1. The number of hydrogen-bond donors (Lipinski definition) is 0. The highest BCUT2D eigenvalue weighted by Crippen LogP contribution is 2.35. The second-order valence-electron chi connectivity index (χ2n) is 10.1. The molecule has 0 atom stereocenters. The Morgan fingerprint density at radius 1 is 0.675 bits per heavy atom. The van der Waals surface area contributed by atoms with Crippen molar-refractivity contribution in [2.75, 3.05) is 0 Å². The SMILES string of the molecule is C=C/C=c1\c(=C)c2cc3ccccc3n2c2cc3c4ccccc4n(-c4cccc(-c5cccnc5)n4)c3cc12. The minimum atomic E-state index is 0.864. The van der Waals surface area contributed by atoms with E-state index in [-0.39, 0.29) is 0 Å². The van der Waals surface area contributed by atoms with Gasteiger partial charge in [-0.3, -0.25) is 9.55 Å². The Hall–Kier alpha value is -5.48. The first-order valence-corrected chi connectivity index (χ1v) is 13.3. The highest BCUT2D eigenvalue weighted by molar-refractivity contribution is 6.14. The molecular weight excluding hydrogens is 488 g/mol. The number of benzene rings is 3. The van der Waals surface area contributed by atoms with Gasteiger partial charge in [0.1, 0.15) is 5.82 Å². The van der Waals surface area contributed by atoms with E-state index in [1.165, 1.54) is 21.7 Å². The fourth-order valence-corrected chi connectivity index (χ4v) is 6.12. The first-order chi connectivity index (χ1) is 19.7. The van der Waals surface area contributed by atoms with Crippen LogP contribution in [0.3, 0.4) is 0 Å². The smallest absolute Gasteiger partial charge is 0.138 e. The minimum absolute atomic E-state index is 0.864. The predicted molar refractivity (Wildman–Crippen MR) is 167 cm³/mol. The quantitative estimate of drug-likeness (QED) is 0.251. The third kappa shape index (κ3) is 3.13. The minimum Gasteiger partial charge on any atom is -0.309 e. The van der Waals surface area contributed by atoms with E-state index in [9.17, 15) is 0 Å². The van der Waals surface area contributed by atoms with Crippen LogP contribution in [0, 0.1) is 0 Å². The van der Waals surface area contributed by atoms with Crippen molar-refractivity contribution < 1.29 is 0 Å². The maximum absolute atomic E-state index is 5.11. The van der Waals surface area contributed by atoms with E-state index in [0.29, 0.717) is 0 Å². The first kappa shape index (κ1) is 22.5. The summed E-state index contributed by atoms with van der Waals surface area (Å²) in [5.74, 6) is 0.864. The van der Waals surface area contributed by atoms with Gasteiger partial charge in [0.15, 0.2) is 0 Å². The summed E-state index contributed by atoms with van der Waals surface area (Å²) in [6.45, 7) is 8.55. The molecule has 0 saturated carbocycles. The molecule has 0 saturated heterocycles. The predicted octanol–water partition coefficient (Wildman–Crippen LogP) is 7.18. The van der Waals surface area contributed by atoms with Crippen molar-refractivity contribution in [1.29, 1.82) is 0 Å². The molecule has 0 amide bonds. The Kier molecular flexibility index (Phi) is 4.79. The highest BCUT2D eigenvalue weighted by Gasteiger charge is 2.17. The van der Waals surface area contributed by atoms with E-state index in [4.69, 9.17) is 4.98 Å². The summed E-state index contributed by atoms with van der Waals surface area (Å²) >= 11 is 0. The monoisotopic (exact) mass is 512 g/mol. The summed E-state index contributed by atoms with van der Waals surface area (Å²) in [4.78, 5) is 9.40. The molecule has 3 aromatic carbocycles. The van der Waals surface area contributed by atoms with Crippen LogP contribution in [0.25, 0.3) is 78.9 Å². The van der Waals surface area contributed by atoms with Gasteiger partial charge >= 0.3 is 0 Å². The topological polar surface area (TPSA) is 35.1 Å². The summed E-state index contributed by atoms with van der Waals surface area (Å²) in [5, 5.41) is 6.75. The summed E-state index contributed by atoms with van der Waals surface area (Å²) in [6, 6.07) is 34.1. The van der Waals surface area contributed by atoms with Gasteiger partial charge in [-0.05, 0) is 65.0 Å². The van der Waals surface area contributed by atoms with Crippen molar-refractivity contribution in [1.82, 2.24) is 18.9 Å². The van der Waals surface area contributed by atoms with Crippen LogP contribution in [0.5, 0.6) is 0 Å². The lowest BCUT2D eigenvalue weighted by molar-refractivity contribution is 1.08. The summed E-state index contributed by atoms with van der Waals surface area (Å²) < 4.78 is 4.61. The molecule has 4 nitrogen and oxygen atoms in total. The van der Waals surface area contributed by atoms with E-state index < -0.39 is 0 Å². The standard InChI is InChI=1S/C36H24N4/c1-3-10-26-23(2)33-19-24-11-4-6-15-31(24)39(33)34-21-29-27-13-5-7-16-32(27)40(35(29)20-28(26)34)36-17-8-14-30(38-36)25-12-9-18-37-22-25/h3-22H,1-2H2/b26-10+. The number of allylic oxidation sites excluding steroid dienone is 1. The molecule has 5 aromatic heterocycles. The van der Waals surface area contributed by atoms with Crippen molar-refractivity contribution in [3.8, 4) is 17.1 Å². The molecule has 5 heterocycles. The van der Waals surface area contributed by atoms with Gasteiger partial charge in [-0.25, -0.2) is 4.98 Å². The number of para-hydroxylation sites is 2. The molecule has 0 spiro atoms. The third-order valence-corrected chi connectivity index (χ3v) is 7.87. The van der Waals surface area contributed by atoms with Crippen molar-refractivity contribution in [3.05, 3.63) is 133 Å². The number of pyridine rings is 3. The fourth-order valence-electron chi connectivity index (χ4n) is 6.12. The molecule has 0 N–H and O–H groups in total. The van der Waals surface area contributed by atoms with Gasteiger partial charge in [-0.15, -0.1) is 0 Å². The molecule has 0 aliphatic heterocycles. The number of hydrogen-bond acceptors (Lipinski definition) is 2. The van der Waals surface area contributed by atoms with Crippen LogP contribution < -0.4 is 10.4 Å². The molecular formula is C36H24N4. The zero-order valence-electron chi connectivity index (χ0n) is 21.8. The van der Waals surface area contributed by atoms with Gasteiger partial charge in [0, 0.05) is 39.5 Å². The van der Waals surface area contributed by atoms with E-state index in [2.05, 4.69) is 112 Å². The number of aromatic nitrogens is 4. The number of fused-ring (bicyclic) bond motifs is 8. The third-order valence-electron chi connectivity index (χ3n) is 7.87. The van der Waals surface area contributed by atoms with Crippen LogP contribution in [0.2, 0.25) is 0 Å². The van der Waals surface area contributed by atoms with E-state index in [0.717, 1.165) is 55.0 Å². The largest absolute Gasteiger partial charge is 0.309 e. The Labute approximate surface area is 230 Å². The van der Waals surface area contributed by atoms with E-state index in [1.54, 1.807) is 6.20 Å². The van der Waals surface area contributed by atoms with Gasteiger partial charge in [-0.2, -0.15) is 0 Å². The summed E-state index contributed by atoms with van der Waals surface area (Å²) in [5.41, 5.74) is 7.51. The van der Waals surface area contributed by atoms with Gasteiger partial charge in [0.05, 0.1) is 33.3 Å². The van der Waals surface area contributed by atoms with Crippen LogP contribution in [0.4, 0.5) is 0 Å². The van der Waals surface area contributed by atoms with Crippen molar-refractivity contribution in [2.45, 2.75) is 0 Å². The van der Waals surface area contributed by atoms with Gasteiger partial charge in [0.2, 0.25) is 0 Å². The number of rotatable bonds is 3. The zero-order chi connectivity index (χ0) is 26.8. The van der Waals surface area contributed by atoms with Crippen LogP contribution in [0.1, 0.15) is 0 Å². The summed E-state index contributed by atoms with van der Waals surface area (Å²) in [6.07, 6.45) is 7.56. The Balaban J connectivity index is 1.56. The molecule has 0 bridgehead atoms. The Morgan fingerprint density at radius 3 is 2.35 bits per heavy atom. The van der Waals surface area contributed by atoms with Crippen molar-refractivity contribution in [2.24, 2.45) is 0 Å². The van der Waals surface area contributed by atoms with Gasteiger partial charge < -0.3 is 4.40 Å². The molecule has 40 heavy (non-hydrogen) atoms. The fraction of sp³-hybridized carbons (Fsp3) is 0. The van der Waals surface area contributed by atoms with E-state index >= 15 is 0 Å². The molecule has 0 unspecified atom stereocenters. The molecule has 0 aliphatic rings. The molecule has 188 valence electrons. The molecule has 8 aromatic rings. The normalized spacial score (nSPS) is 12.3. The second-order valence-corrected chi connectivity index (χ2v) is 10.1. The molecule has 0 fully saturated rings. The zero-order valence-corrected chi connectivity index (χ0v) is 21.8. The molecule has 0 radical (unpaired) electrons. The maximum atomic E-state index is 5.11. The van der Waals surface area contributed by atoms with E-state index in [1.807, 2.05) is 30.5 Å². The van der Waals surface area contributed by atoms with Gasteiger partial charge in [0.25, 0.3) is 0 Å². The molecule has 0 aliphatic carbocycles. The number of nitrogens with zero attached hydrogens (tertiary/aromatic N) is 4. The average Bonchev–Trinajstić information content (AvgIpc) is 3.55. The molecule has 8 rings (SSSR count). The highest BCUT2D eigenvalue weighted by atomic mass is 15.1. The van der Waals surface area contributed by atoms with Crippen molar-refractivity contribution >= 4 is 61.8 Å². The first-order valence-electron chi connectivity index (χ1n) is 13.3. The maximum Gasteiger partial charge on any atom is 0.138 e. The van der Waals surface area contributed by atoms with Crippen LogP contribution in [-0.2, 0) is 0 Å². The Morgan fingerprint density at radius 2 is 1.50 bits per heavy atom. The second kappa shape index (κ2) is 8.52. The lowest BCUT2D eigenvalue weighted by Crippen LogP contribution is -2.26. The molecule has 4 heteroatoms. The lowest BCUT2D eigenvalue weighted by Gasteiger charge is -2.11. The van der Waals surface area contributed by atoms with Crippen LogP contribution in [0.15, 0.2) is 122 Å². The summed E-state index contributed by atoms with van der Waals surface area (Å²) in [7, 11) is 0. The van der Waals surface area contributed by atoms with Gasteiger partial charge in [-0.1, -0.05) is 67.8 Å². The van der Waals surface area contributed by atoms with Crippen molar-refractivity contribution in [3.63, 3.8) is 0 Å². The average molecular weight is 513 g/mol.